The SMILES string of the molecule is Cc1ncsc1CN(C)C[C@@H]1CCCN1. The highest BCUT2D eigenvalue weighted by atomic mass is 32.1. The van der Waals surface area contributed by atoms with Gasteiger partial charge in [-0.15, -0.1) is 11.3 Å². The lowest BCUT2D eigenvalue weighted by atomic mass is 10.2. The number of hydrogen-bond donors (Lipinski definition) is 1. The maximum atomic E-state index is 4.28. The van der Waals surface area contributed by atoms with E-state index >= 15 is 0 Å². The molecule has 0 radical (unpaired) electrons. The van der Waals surface area contributed by atoms with Crippen molar-refractivity contribution in [2.75, 3.05) is 20.1 Å². The van der Waals surface area contributed by atoms with Gasteiger partial charge in [-0.3, -0.25) is 4.90 Å². The topological polar surface area (TPSA) is 28.2 Å². The fourth-order valence-corrected chi connectivity index (χ4v) is 2.93. The Morgan fingerprint density at radius 2 is 2.53 bits per heavy atom. The summed E-state index contributed by atoms with van der Waals surface area (Å²) in [4.78, 5) is 8.07. The Hall–Kier alpha value is -0.450. The van der Waals surface area contributed by atoms with Gasteiger partial charge in [0.2, 0.25) is 0 Å². The highest BCUT2D eigenvalue weighted by molar-refractivity contribution is 7.09. The third-order valence-electron chi connectivity index (χ3n) is 2.95. The Morgan fingerprint density at radius 3 is 3.13 bits per heavy atom. The van der Waals surface area contributed by atoms with Crippen molar-refractivity contribution in [2.45, 2.75) is 32.4 Å². The average Bonchev–Trinajstić information content (AvgIpc) is 2.79. The first-order chi connectivity index (χ1) is 7.25. The normalized spacial score (nSPS) is 21.4. The Labute approximate surface area is 95.5 Å². The van der Waals surface area contributed by atoms with Crippen molar-refractivity contribution < 1.29 is 0 Å². The molecule has 0 spiro atoms. The Kier molecular flexibility index (Phi) is 3.72. The van der Waals surface area contributed by atoms with Crippen molar-refractivity contribution in [3.8, 4) is 0 Å². The summed E-state index contributed by atoms with van der Waals surface area (Å²) in [6.45, 7) is 5.47. The summed E-state index contributed by atoms with van der Waals surface area (Å²) in [6, 6.07) is 0.697. The van der Waals surface area contributed by atoms with Crippen LogP contribution in [0.1, 0.15) is 23.4 Å². The van der Waals surface area contributed by atoms with E-state index < -0.39 is 0 Å². The molecule has 1 aromatic heterocycles. The van der Waals surface area contributed by atoms with Gasteiger partial charge in [-0.2, -0.15) is 0 Å². The lowest BCUT2D eigenvalue weighted by Crippen LogP contribution is -2.34. The quantitative estimate of drug-likeness (QED) is 0.844. The van der Waals surface area contributed by atoms with Crippen LogP contribution in [-0.4, -0.2) is 36.1 Å². The molecule has 15 heavy (non-hydrogen) atoms. The number of aromatic nitrogens is 1. The summed E-state index contributed by atoms with van der Waals surface area (Å²) < 4.78 is 0. The molecule has 1 N–H and O–H groups in total. The van der Waals surface area contributed by atoms with Crippen LogP contribution in [0.2, 0.25) is 0 Å². The average molecular weight is 225 g/mol. The first kappa shape index (κ1) is 11.0. The highest BCUT2D eigenvalue weighted by Crippen LogP contribution is 2.15. The Bertz CT molecular complexity index is 305. The molecule has 1 fully saturated rings. The molecule has 0 aliphatic carbocycles. The van der Waals surface area contributed by atoms with E-state index in [1.54, 1.807) is 11.3 Å². The van der Waals surface area contributed by atoms with Gasteiger partial charge in [0, 0.05) is 24.0 Å². The monoisotopic (exact) mass is 225 g/mol. The van der Waals surface area contributed by atoms with Gasteiger partial charge in [0.25, 0.3) is 0 Å². The number of nitrogens with one attached hydrogen (secondary N) is 1. The van der Waals surface area contributed by atoms with Crippen molar-refractivity contribution in [1.29, 1.82) is 0 Å². The van der Waals surface area contributed by atoms with Gasteiger partial charge in [-0.25, -0.2) is 4.98 Å². The zero-order valence-electron chi connectivity index (χ0n) is 9.49. The second kappa shape index (κ2) is 5.05. The number of hydrogen-bond acceptors (Lipinski definition) is 4. The smallest absolute Gasteiger partial charge is 0.0798 e. The van der Waals surface area contributed by atoms with Crippen LogP contribution < -0.4 is 5.32 Å². The largest absolute Gasteiger partial charge is 0.313 e. The van der Waals surface area contributed by atoms with Crippen molar-refractivity contribution in [1.82, 2.24) is 15.2 Å². The minimum Gasteiger partial charge on any atom is -0.313 e. The summed E-state index contributed by atoms with van der Waals surface area (Å²) in [5, 5.41) is 3.53. The van der Waals surface area contributed by atoms with Gasteiger partial charge >= 0.3 is 0 Å². The van der Waals surface area contributed by atoms with E-state index in [2.05, 4.69) is 29.2 Å². The van der Waals surface area contributed by atoms with Gasteiger partial charge in [0.15, 0.2) is 0 Å². The maximum absolute atomic E-state index is 4.28. The second-order valence-corrected chi connectivity index (χ2v) is 5.29. The van der Waals surface area contributed by atoms with Crippen molar-refractivity contribution in [3.05, 3.63) is 16.1 Å². The van der Waals surface area contributed by atoms with Gasteiger partial charge in [0.05, 0.1) is 11.2 Å². The molecular formula is C11H19N3S. The molecule has 4 heteroatoms. The number of thiazole rings is 1. The molecule has 3 nitrogen and oxygen atoms in total. The maximum Gasteiger partial charge on any atom is 0.0798 e. The minimum absolute atomic E-state index is 0.697. The Morgan fingerprint density at radius 1 is 1.67 bits per heavy atom. The summed E-state index contributed by atoms with van der Waals surface area (Å²) in [6.07, 6.45) is 2.66. The zero-order valence-corrected chi connectivity index (χ0v) is 10.3. The molecule has 1 aliphatic heterocycles. The van der Waals surface area contributed by atoms with Crippen LogP contribution in [-0.2, 0) is 6.54 Å². The van der Waals surface area contributed by atoms with Gasteiger partial charge in [0.1, 0.15) is 0 Å². The van der Waals surface area contributed by atoms with E-state index in [0.717, 1.165) is 13.1 Å². The lowest BCUT2D eigenvalue weighted by Gasteiger charge is -2.20. The second-order valence-electron chi connectivity index (χ2n) is 4.35. The third-order valence-corrected chi connectivity index (χ3v) is 3.87. The molecule has 1 atom stereocenters. The van der Waals surface area contributed by atoms with E-state index in [4.69, 9.17) is 0 Å². The highest BCUT2D eigenvalue weighted by Gasteiger charge is 2.16. The predicted octanol–water partition coefficient (Wildman–Crippen LogP) is 1.64. The van der Waals surface area contributed by atoms with E-state index in [1.807, 2.05) is 5.51 Å². The molecular weight excluding hydrogens is 206 g/mol. The first-order valence-corrected chi connectivity index (χ1v) is 6.44. The molecule has 0 unspecified atom stereocenters. The Balaban J connectivity index is 1.81. The van der Waals surface area contributed by atoms with E-state index in [9.17, 15) is 0 Å². The standard InChI is InChI=1S/C11H19N3S/c1-9-11(15-8-13-9)7-14(2)6-10-4-3-5-12-10/h8,10,12H,3-7H2,1-2H3/t10-/m0/s1. The molecule has 1 saturated heterocycles. The predicted molar refractivity (Wildman–Crippen MR) is 64.2 cm³/mol. The fraction of sp³-hybridized carbons (Fsp3) is 0.727. The van der Waals surface area contributed by atoms with Crippen LogP contribution in [0, 0.1) is 6.92 Å². The summed E-state index contributed by atoms with van der Waals surface area (Å²) in [5.41, 5.74) is 3.12. The number of likely N-dealkylation sites (N-methyl/N-ethyl adjacent to an activating group) is 1. The van der Waals surface area contributed by atoms with Crippen molar-refractivity contribution in [3.63, 3.8) is 0 Å². The molecule has 1 aliphatic rings. The van der Waals surface area contributed by atoms with Crippen LogP contribution >= 0.6 is 11.3 Å². The molecule has 0 bridgehead atoms. The number of aryl methyl sites for hydroxylation is 1. The summed E-state index contributed by atoms with van der Waals surface area (Å²) in [5.74, 6) is 0. The summed E-state index contributed by atoms with van der Waals surface area (Å²) >= 11 is 1.76. The van der Waals surface area contributed by atoms with Gasteiger partial charge in [-0.1, -0.05) is 0 Å². The van der Waals surface area contributed by atoms with Gasteiger partial charge in [-0.05, 0) is 33.4 Å². The molecule has 2 heterocycles. The van der Waals surface area contributed by atoms with E-state index in [-0.39, 0.29) is 0 Å². The molecule has 0 saturated carbocycles. The summed E-state index contributed by atoms with van der Waals surface area (Å²) in [7, 11) is 2.19. The molecule has 1 aromatic rings. The van der Waals surface area contributed by atoms with Crippen LogP contribution in [0.15, 0.2) is 5.51 Å². The van der Waals surface area contributed by atoms with Crippen molar-refractivity contribution in [2.24, 2.45) is 0 Å². The van der Waals surface area contributed by atoms with Crippen LogP contribution in [0.4, 0.5) is 0 Å². The zero-order chi connectivity index (χ0) is 10.7. The molecule has 84 valence electrons. The van der Waals surface area contributed by atoms with Gasteiger partial charge < -0.3 is 5.32 Å². The number of rotatable bonds is 4. The lowest BCUT2D eigenvalue weighted by molar-refractivity contribution is 0.295. The molecule has 2 rings (SSSR count). The third kappa shape index (κ3) is 3.00. The van der Waals surface area contributed by atoms with Crippen LogP contribution in [0.25, 0.3) is 0 Å². The van der Waals surface area contributed by atoms with Crippen LogP contribution in [0.3, 0.4) is 0 Å². The van der Waals surface area contributed by atoms with E-state index in [1.165, 1.54) is 30.0 Å². The number of nitrogens with zero attached hydrogens (tertiary/aromatic N) is 2. The molecule has 0 aromatic carbocycles. The first-order valence-electron chi connectivity index (χ1n) is 5.56. The minimum atomic E-state index is 0.697. The molecule has 0 amide bonds. The van der Waals surface area contributed by atoms with E-state index in [0.29, 0.717) is 6.04 Å². The van der Waals surface area contributed by atoms with Crippen molar-refractivity contribution >= 4 is 11.3 Å². The fourth-order valence-electron chi connectivity index (χ4n) is 2.08. The van der Waals surface area contributed by atoms with Crippen LogP contribution in [0.5, 0.6) is 0 Å².